The number of halogens is 1. The Balaban J connectivity index is 2.32. The lowest BCUT2D eigenvalue weighted by atomic mass is 10.0. The normalized spacial score (nSPS) is 20.1. The zero-order valence-corrected chi connectivity index (χ0v) is 10.00. The molecule has 1 aliphatic heterocycles. The fourth-order valence-corrected chi connectivity index (χ4v) is 2.60. The Morgan fingerprint density at radius 3 is 2.94 bits per heavy atom. The van der Waals surface area contributed by atoms with Crippen LogP contribution in [0.1, 0.15) is 31.4 Å². The second-order valence-electron chi connectivity index (χ2n) is 4.15. The standard InChI is InChI=1S/C12H15ClN2O/c1-8(16)15-6-2-3-12(15)10-5-4-9(14)7-11(10)13/h4-5,7,12H,2-3,6,14H2,1H3. The average molecular weight is 239 g/mol. The lowest BCUT2D eigenvalue weighted by Crippen LogP contribution is -2.28. The van der Waals surface area contributed by atoms with Crippen molar-refractivity contribution in [2.75, 3.05) is 12.3 Å². The van der Waals surface area contributed by atoms with Crippen molar-refractivity contribution >= 4 is 23.2 Å². The van der Waals surface area contributed by atoms with Gasteiger partial charge in [-0.05, 0) is 30.5 Å². The highest BCUT2D eigenvalue weighted by molar-refractivity contribution is 6.31. The van der Waals surface area contributed by atoms with Crippen LogP contribution in [0.2, 0.25) is 5.02 Å². The molecule has 0 bridgehead atoms. The summed E-state index contributed by atoms with van der Waals surface area (Å²) in [6.45, 7) is 2.42. The van der Waals surface area contributed by atoms with E-state index in [4.69, 9.17) is 17.3 Å². The van der Waals surface area contributed by atoms with Gasteiger partial charge >= 0.3 is 0 Å². The van der Waals surface area contributed by atoms with Gasteiger partial charge in [-0.2, -0.15) is 0 Å². The van der Waals surface area contributed by atoms with Crippen LogP contribution in [0.5, 0.6) is 0 Å². The Bertz CT molecular complexity index is 419. The van der Waals surface area contributed by atoms with E-state index in [1.807, 2.05) is 17.0 Å². The van der Waals surface area contributed by atoms with Crippen LogP contribution in [-0.4, -0.2) is 17.4 Å². The maximum absolute atomic E-state index is 11.5. The Labute approximate surface area is 100 Å². The SMILES string of the molecule is CC(=O)N1CCCC1c1ccc(N)cc1Cl. The molecule has 86 valence electrons. The van der Waals surface area contributed by atoms with E-state index in [1.54, 1.807) is 13.0 Å². The van der Waals surface area contributed by atoms with E-state index < -0.39 is 0 Å². The number of amides is 1. The molecular formula is C12H15ClN2O. The van der Waals surface area contributed by atoms with Gasteiger partial charge in [0.1, 0.15) is 0 Å². The predicted molar refractivity (Wildman–Crippen MR) is 65.2 cm³/mol. The number of likely N-dealkylation sites (tertiary alicyclic amines) is 1. The summed E-state index contributed by atoms with van der Waals surface area (Å²) in [5.41, 5.74) is 7.31. The van der Waals surface area contributed by atoms with E-state index >= 15 is 0 Å². The molecule has 0 radical (unpaired) electrons. The van der Waals surface area contributed by atoms with Crippen LogP contribution in [0.4, 0.5) is 5.69 Å². The summed E-state index contributed by atoms with van der Waals surface area (Å²) >= 11 is 6.16. The van der Waals surface area contributed by atoms with Gasteiger partial charge < -0.3 is 10.6 Å². The van der Waals surface area contributed by atoms with E-state index in [0.717, 1.165) is 24.9 Å². The van der Waals surface area contributed by atoms with E-state index in [0.29, 0.717) is 10.7 Å². The summed E-state index contributed by atoms with van der Waals surface area (Å²) in [5.74, 6) is 0.107. The highest BCUT2D eigenvalue weighted by Gasteiger charge is 2.29. The van der Waals surface area contributed by atoms with Crippen LogP contribution in [0.25, 0.3) is 0 Å². The van der Waals surface area contributed by atoms with Crippen molar-refractivity contribution in [2.24, 2.45) is 0 Å². The fourth-order valence-electron chi connectivity index (χ4n) is 2.28. The molecule has 1 aromatic rings. The van der Waals surface area contributed by atoms with Crippen LogP contribution >= 0.6 is 11.6 Å². The topological polar surface area (TPSA) is 46.3 Å². The Hall–Kier alpha value is -1.22. The Morgan fingerprint density at radius 1 is 1.56 bits per heavy atom. The van der Waals surface area contributed by atoms with Gasteiger partial charge in [-0.15, -0.1) is 0 Å². The maximum Gasteiger partial charge on any atom is 0.219 e. The summed E-state index contributed by atoms with van der Waals surface area (Å²) in [6.07, 6.45) is 2.01. The Morgan fingerprint density at radius 2 is 2.31 bits per heavy atom. The number of hydrogen-bond acceptors (Lipinski definition) is 2. The first-order chi connectivity index (χ1) is 7.59. The largest absolute Gasteiger partial charge is 0.399 e. The summed E-state index contributed by atoms with van der Waals surface area (Å²) < 4.78 is 0. The van der Waals surface area contributed by atoms with Crippen molar-refractivity contribution in [3.8, 4) is 0 Å². The molecule has 2 N–H and O–H groups in total. The zero-order chi connectivity index (χ0) is 11.7. The fraction of sp³-hybridized carbons (Fsp3) is 0.417. The van der Waals surface area contributed by atoms with Gasteiger partial charge in [0.25, 0.3) is 0 Å². The van der Waals surface area contributed by atoms with Gasteiger partial charge in [0.15, 0.2) is 0 Å². The van der Waals surface area contributed by atoms with E-state index in [9.17, 15) is 4.79 Å². The first-order valence-corrected chi connectivity index (χ1v) is 5.79. The minimum Gasteiger partial charge on any atom is -0.399 e. The summed E-state index contributed by atoms with van der Waals surface area (Å²) in [6, 6.07) is 5.61. The molecule has 0 saturated carbocycles. The number of rotatable bonds is 1. The number of nitrogen functional groups attached to an aromatic ring is 1. The molecule has 3 nitrogen and oxygen atoms in total. The summed E-state index contributed by atoms with van der Waals surface area (Å²) in [4.78, 5) is 13.3. The molecule has 1 atom stereocenters. The first-order valence-electron chi connectivity index (χ1n) is 5.41. The molecule has 1 fully saturated rings. The van der Waals surface area contributed by atoms with Crippen molar-refractivity contribution in [3.05, 3.63) is 28.8 Å². The van der Waals surface area contributed by atoms with Crippen LogP contribution in [0, 0.1) is 0 Å². The number of nitrogens with zero attached hydrogens (tertiary/aromatic N) is 1. The van der Waals surface area contributed by atoms with Crippen LogP contribution < -0.4 is 5.73 Å². The third kappa shape index (κ3) is 2.00. The molecule has 1 aromatic carbocycles. The van der Waals surface area contributed by atoms with Crippen molar-refractivity contribution in [3.63, 3.8) is 0 Å². The van der Waals surface area contributed by atoms with Crippen molar-refractivity contribution in [2.45, 2.75) is 25.8 Å². The molecule has 16 heavy (non-hydrogen) atoms. The molecule has 1 heterocycles. The molecule has 1 amide bonds. The van der Waals surface area contributed by atoms with Gasteiger partial charge in [-0.25, -0.2) is 0 Å². The van der Waals surface area contributed by atoms with Crippen molar-refractivity contribution in [1.29, 1.82) is 0 Å². The third-order valence-corrected chi connectivity index (χ3v) is 3.37. The number of carbonyl (C=O) groups is 1. The summed E-state index contributed by atoms with van der Waals surface area (Å²) in [7, 11) is 0. The monoisotopic (exact) mass is 238 g/mol. The minimum atomic E-state index is 0.107. The highest BCUT2D eigenvalue weighted by atomic mass is 35.5. The number of hydrogen-bond donors (Lipinski definition) is 1. The second-order valence-corrected chi connectivity index (χ2v) is 4.56. The van der Waals surface area contributed by atoms with E-state index in [2.05, 4.69) is 0 Å². The third-order valence-electron chi connectivity index (χ3n) is 3.04. The van der Waals surface area contributed by atoms with Gasteiger partial charge in [0, 0.05) is 24.2 Å². The molecule has 1 unspecified atom stereocenters. The second kappa shape index (κ2) is 4.34. The molecule has 0 aliphatic carbocycles. The van der Waals surface area contributed by atoms with Gasteiger partial charge in [0.2, 0.25) is 5.91 Å². The number of anilines is 1. The molecule has 0 aromatic heterocycles. The molecule has 1 aliphatic rings. The lowest BCUT2D eigenvalue weighted by molar-refractivity contribution is -0.129. The highest BCUT2D eigenvalue weighted by Crippen LogP contribution is 2.36. The molecule has 0 spiro atoms. The van der Waals surface area contributed by atoms with Gasteiger partial charge in [-0.1, -0.05) is 17.7 Å². The zero-order valence-electron chi connectivity index (χ0n) is 9.24. The van der Waals surface area contributed by atoms with E-state index in [1.165, 1.54) is 0 Å². The van der Waals surface area contributed by atoms with Crippen LogP contribution in [-0.2, 0) is 4.79 Å². The van der Waals surface area contributed by atoms with E-state index in [-0.39, 0.29) is 11.9 Å². The summed E-state index contributed by atoms with van der Waals surface area (Å²) in [5, 5.41) is 0.651. The molecule has 1 saturated heterocycles. The molecular weight excluding hydrogens is 224 g/mol. The smallest absolute Gasteiger partial charge is 0.219 e. The van der Waals surface area contributed by atoms with Crippen LogP contribution in [0.3, 0.4) is 0 Å². The maximum atomic E-state index is 11.5. The molecule has 2 rings (SSSR count). The van der Waals surface area contributed by atoms with Crippen LogP contribution in [0.15, 0.2) is 18.2 Å². The number of benzene rings is 1. The lowest BCUT2D eigenvalue weighted by Gasteiger charge is -2.24. The predicted octanol–water partition coefficient (Wildman–Crippen LogP) is 2.61. The van der Waals surface area contributed by atoms with Gasteiger partial charge in [-0.3, -0.25) is 4.79 Å². The average Bonchev–Trinajstić information content (AvgIpc) is 2.66. The number of nitrogens with two attached hydrogens (primary N) is 1. The van der Waals surface area contributed by atoms with Crippen molar-refractivity contribution < 1.29 is 4.79 Å². The Kier molecular flexibility index (Phi) is 3.06. The van der Waals surface area contributed by atoms with Gasteiger partial charge in [0.05, 0.1) is 6.04 Å². The molecule has 4 heteroatoms. The minimum absolute atomic E-state index is 0.107. The first kappa shape index (κ1) is 11.3. The van der Waals surface area contributed by atoms with Crippen molar-refractivity contribution in [1.82, 2.24) is 4.90 Å². The quantitative estimate of drug-likeness (QED) is 0.765. The number of carbonyl (C=O) groups excluding carboxylic acids is 1.